The molecule has 2 N–H and O–H groups in total. The van der Waals surface area contributed by atoms with E-state index in [-0.39, 0.29) is 23.2 Å². The van der Waals surface area contributed by atoms with Gasteiger partial charge in [0.05, 0.1) is 22.8 Å². The van der Waals surface area contributed by atoms with Gasteiger partial charge in [-0.15, -0.1) is 0 Å². The van der Waals surface area contributed by atoms with Crippen LogP contribution >= 0.6 is 15.9 Å². The summed E-state index contributed by atoms with van der Waals surface area (Å²) in [5.41, 5.74) is 3.10. The fourth-order valence-corrected chi connectivity index (χ4v) is 8.92. The summed E-state index contributed by atoms with van der Waals surface area (Å²) in [7, 11) is 1.47. The Morgan fingerprint density at radius 1 is 0.978 bits per heavy atom. The summed E-state index contributed by atoms with van der Waals surface area (Å²) in [5, 5.41) is 11.4. The molecule has 4 saturated carbocycles. The number of hydrogen-bond acceptors (Lipinski definition) is 6. The number of carboxylic acid groups (broad SMARTS) is 1. The molecule has 3 aromatic carbocycles. The maximum Gasteiger partial charge on any atom is 0.335 e. The van der Waals surface area contributed by atoms with Gasteiger partial charge in [-0.2, -0.15) is 0 Å². The zero-order chi connectivity index (χ0) is 32.2. The van der Waals surface area contributed by atoms with Crippen LogP contribution in [0.1, 0.15) is 65.6 Å². The molecule has 4 bridgehead atoms. The molecule has 1 aliphatic heterocycles. The van der Waals surface area contributed by atoms with Crippen molar-refractivity contribution in [2.75, 3.05) is 12.0 Å². The highest BCUT2D eigenvalue weighted by atomic mass is 79.9. The van der Waals surface area contributed by atoms with E-state index in [1.165, 1.54) is 69.4 Å². The third kappa shape index (κ3) is 5.48. The average molecular weight is 686 g/mol. The van der Waals surface area contributed by atoms with Gasteiger partial charge >= 0.3 is 12.0 Å². The lowest BCUT2D eigenvalue weighted by molar-refractivity contribution is -0.122. The van der Waals surface area contributed by atoms with E-state index in [1.54, 1.807) is 24.3 Å². The molecule has 3 aromatic rings. The van der Waals surface area contributed by atoms with Crippen LogP contribution in [-0.4, -0.2) is 36.0 Å². The van der Waals surface area contributed by atoms with Crippen molar-refractivity contribution >= 4 is 51.5 Å². The van der Waals surface area contributed by atoms with Gasteiger partial charge in [-0.1, -0.05) is 24.3 Å². The third-order valence-electron chi connectivity index (χ3n) is 10.0. The summed E-state index contributed by atoms with van der Waals surface area (Å²) in [6.07, 6.45) is 9.12. The van der Waals surface area contributed by atoms with Crippen molar-refractivity contribution < 1.29 is 33.8 Å². The number of aromatic carboxylic acids is 1. The topological polar surface area (TPSA) is 122 Å². The monoisotopic (exact) mass is 684 g/mol. The molecular weight excluding hydrogens is 652 g/mol. The van der Waals surface area contributed by atoms with Crippen LogP contribution in [0.5, 0.6) is 11.5 Å². The number of nitrogens with one attached hydrogen (secondary N) is 1. The number of halogens is 1. The Hall–Kier alpha value is -4.44. The molecule has 5 fully saturated rings. The molecule has 5 aliphatic rings. The van der Waals surface area contributed by atoms with Crippen molar-refractivity contribution in [3.8, 4) is 11.5 Å². The predicted molar refractivity (Wildman–Crippen MR) is 174 cm³/mol. The van der Waals surface area contributed by atoms with E-state index in [4.69, 9.17) is 14.6 Å². The zero-order valence-corrected chi connectivity index (χ0v) is 26.8. The van der Waals surface area contributed by atoms with Gasteiger partial charge in [0.1, 0.15) is 12.2 Å². The van der Waals surface area contributed by atoms with E-state index in [9.17, 15) is 19.2 Å². The molecule has 0 radical (unpaired) electrons. The number of amides is 4. The van der Waals surface area contributed by atoms with Gasteiger partial charge in [-0.25, -0.2) is 14.5 Å². The molecule has 0 unspecified atom stereocenters. The molecule has 4 aliphatic carbocycles. The zero-order valence-electron chi connectivity index (χ0n) is 25.3. The van der Waals surface area contributed by atoms with Crippen LogP contribution in [0.25, 0.3) is 6.08 Å². The number of barbiturate groups is 1. The van der Waals surface area contributed by atoms with Crippen molar-refractivity contribution in [1.82, 2.24) is 5.32 Å². The minimum Gasteiger partial charge on any atom is -0.493 e. The number of carbonyl (C=O) groups excluding carboxylic acids is 3. The second kappa shape index (κ2) is 11.7. The Balaban J connectivity index is 1.11. The number of anilines is 1. The number of carboxylic acids is 1. The van der Waals surface area contributed by atoms with E-state index in [1.807, 2.05) is 12.1 Å². The Morgan fingerprint density at radius 3 is 2.20 bits per heavy atom. The first kappa shape index (κ1) is 30.2. The number of benzene rings is 3. The van der Waals surface area contributed by atoms with E-state index in [0.717, 1.165) is 28.2 Å². The quantitative estimate of drug-likeness (QED) is 0.196. The highest BCUT2D eigenvalue weighted by Crippen LogP contribution is 2.60. The number of urea groups is 1. The summed E-state index contributed by atoms with van der Waals surface area (Å²) in [4.78, 5) is 51.6. The largest absolute Gasteiger partial charge is 0.493 e. The molecule has 4 amide bonds. The molecular formula is C36H33BrN2O7. The molecule has 10 heteroatoms. The van der Waals surface area contributed by atoms with Gasteiger partial charge < -0.3 is 14.6 Å². The number of carbonyl (C=O) groups is 4. The second-order valence-electron chi connectivity index (χ2n) is 13.0. The summed E-state index contributed by atoms with van der Waals surface area (Å²) < 4.78 is 12.0. The number of methoxy groups -OCH3 is 1. The summed E-state index contributed by atoms with van der Waals surface area (Å²) in [6.45, 7) is 0.148. The van der Waals surface area contributed by atoms with Gasteiger partial charge in [-0.3, -0.25) is 14.9 Å². The lowest BCUT2D eigenvalue weighted by Gasteiger charge is -2.57. The molecule has 1 saturated heterocycles. The highest BCUT2D eigenvalue weighted by Gasteiger charge is 2.51. The van der Waals surface area contributed by atoms with Crippen molar-refractivity contribution in [3.63, 3.8) is 0 Å². The minimum absolute atomic E-state index is 0.148. The second-order valence-corrected chi connectivity index (χ2v) is 13.9. The van der Waals surface area contributed by atoms with Gasteiger partial charge in [0.25, 0.3) is 11.8 Å². The van der Waals surface area contributed by atoms with Crippen molar-refractivity contribution in [2.45, 2.75) is 50.5 Å². The molecule has 9 nitrogen and oxygen atoms in total. The van der Waals surface area contributed by atoms with E-state index < -0.39 is 23.8 Å². The smallest absolute Gasteiger partial charge is 0.335 e. The fraction of sp³-hybridized carbons (Fsp3) is 0.333. The van der Waals surface area contributed by atoms with Gasteiger partial charge in [-0.05, 0) is 137 Å². The van der Waals surface area contributed by atoms with Crippen LogP contribution in [-0.2, 0) is 21.6 Å². The fourth-order valence-electron chi connectivity index (χ4n) is 8.35. The maximum absolute atomic E-state index is 13.7. The Bertz CT molecular complexity index is 1750. The number of ether oxygens (including phenoxy) is 2. The van der Waals surface area contributed by atoms with Gasteiger partial charge in [0.15, 0.2) is 11.5 Å². The molecule has 1 heterocycles. The van der Waals surface area contributed by atoms with Crippen molar-refractivity contribution in [1.29, 1.82) is 0 Å². The summed E-state index contributed by atoms with van der Waals surface area (Å²) in [5.74, 6) is 0.643. The Kier molecular flexibility index (Phi) is 7.71. The standard InChI is InChI=1S/C36H33BrN2O7/c1-45-30-15-21(14-29(37)31(30)46-19-20-2-4-25(5-3-20)34(42)43)13-28-32(40)38-35(44)39(33(28)41)27-8-6-26(7-9-27)36-16-22-10-23(17-36)12-24(11-22)18-36/h2-9,13-15,22-24H,10-12,16-19H2,1H3,(H,42,43)(H,38,40,44)/b28-13+. The molecule has 8 rings (SSSR count). The number of nitrogens with zero attached hydrogens (tertiary/aromatic N) is 1. The third-order valence-corrected chi connectivity index (χ3v) is 10.6. The van der Waals surface area contributed by atoms with E-state index >= 15 is 0 Å². The van der Waals surface area contributed by atoms with Crippen molar-refractivity contribution in [2.24, 2.45) is 17.8 Å². The van der Waals surface area contributed by atoms with Crippen LogP contribution in [0.4, 0.5) is 10.5 Å². The van der Waals surface area contributed by atoms with Crippen LogP contribution < -0.4 is 19.7 Å². The molecule has 46 heavy (non-hydrogen) atoms. The first-order chi connectivity index (χ1) is 22.1. The van der Waals surface area contributed by atoms with Crippen LogP contribution in [0.3, 0.4) is 0 Å². The lowest BCUT2D eigenvalue weighted by Crippen LogP contribution is -2.54. The van der Waals surface area contributed by atoms with Gasteiger partial charge in [0.2, 0.25) is 0 Å². The average Bonchev–Trinajstić information content (AvgIpc) is 3.02. The molecule has 236 valence electrons. The lowest BCUT2D eigenvalue weighted by atomic mass is 9.48. The van der Waals surface area contributed by atoms with Crippen LogP contribution in [0, 0.1) is 17.8 Å². The molecule has 0 aromatic heterocycles. The Labute approximate surface area is 274 Å². The summed E-state index contributed by atoms with van der Waals surface area (Å²) >= 11 is 3.50. The van der Waals surface area contributed by atoms with Crippen LogP contribution in [0.2, 0.25) is 0 Å². The minimum atomic E-state index is -1.01. The van der Waals surface area contributed by atoms with E-state index in [0.29, 0.717) is 27.2 Å². The van der Waals surface area contributed by atoms with Gasteiger partial charge in [0, 0.05) is 0 Å². The SMILES string of the molecule is COc1cc(/C=C2\C(=O)NC(=O)N(c3ccc(C45CC6CC(CC(C6)C4)C5)cc3)C2=O)cc(Br)c1OCc1ccc(C(=O)O)cc1. The van der Waals surface area contributed by atoms with Crippen LogP contribution in [0.15, 0.2) is 70.7 Å². The highest BCUT2D eigenvalue weighted by molar-refractivity contribution is 9.10. The predicted octanol–water partition coefficient (Wildman–Crippen LogP) is 6.87. The number of hydrogen-bond donors (Lipinski definition) is 2. The maximum atomic E-state index is 13.7. The first-order valence-electron chi connectivity index (χ1n) is 15.5. The molecule has 0 spiro atoms. The first-order valence-corrected chi connectivity index (χ1v) is 16.3. The number of rotatable bonds is 8. The van der Waals surface area contributed by atoms with E-state index in [2.05, 4.69) is 33.4 Å². The molecule has 0 atom stereocenters. The Morgan fingerprint density at radius 2 is 1.61 bits per heavy atom. The van der Waals surface area contributed by atoms with Crippen molar-refractivity contribution in [3.05, 3.63) is 93.0 Å². The summed E-state index contributed by atoms with van der Waals surface area (Å²) in [6, 6.07) is 16.6. The number of imide groups is 2. The normalized spacial score (nSPS) is 26.0.